The fourth-order valence-corrected chi connectivity index (χ4v) is 5.00. The average Bonchev–Trinajstić information content (AvgIpc) is 3.34. The molecule has 2 aromatic heterocycles. The maximum atomic E-state index is 11.8. The van der Waals surface area contributed by atoms with Crippen molar-refractivity contribution in [1.82, 2.24) is 15.0 Å². The molecule has 1 atom stereocenters. The van der Waals surface area contributed by atoms with Crippen LogP contribution in [0.4, 0.5) is 11.5 Å². The molecule has 0 saturated heterocycles. The number of ether oxygens (including phenoxy) is 2. The Kier molecular flexibility index (Phi) is 6.85. The van der Waals surface area contributed by atoms with Crippen LogP contribution in [0.2, 0.25) is 5.15 Å². The van der Waals surface area contributed by atoms with E-state index in [4.69, 9.17) is 26.1 Å². The summed E-state index contributed by atoms with van der Waals surface area (Å²) >= 11 is 5.92. The number of anilines is 2. The number of rotatable bonds is 7. The summed E-state index contributed by atoms with van der Waals surface area (Å²) in [6.45, 7) is 4.88. The molecular formula is C28H25ClN6O4. The molecule has 1 aliphatic rings. The van der Waals surface area contributed by atoms with E-state index in [-0.39, 0.29) is 22.6 Å². The van der Waals surface area contributed by atoms with Gasteiger partial charge in [-0.15, -0.1) is 0 Å². The van der Waals surface area contributed by atoms with Crippen LogP contribution >= 0.6 is 11.6 Å². The highest BCUT2D eigenvalue weighted by Gasteiger charge is 2.27. The van der Waals surface area contributed by atoms with Crippen molar-refractivity contribution in [2.24, 2.45) is 0 Å². The lowest BCUT2D eigenvalue weighted by molar-refractivity contribution is 0.0691. The Balaban J connectivity index is 1.57. The van der Waals surface area contributed by atoms with Gasteiger partial charge < -0.3 is 24.8 Å². The zero-order valence-corrected chi connectivity index (χ0v) is 22.5. The Labute approximate surface area is 229 Å². The molecule has 0 spiro atoms. The molecule has 10 nitrogen and oxygen atoms in total. The van der Waals surface area contributed by atoms with Gasteiger partial charge in [0.05, 0.1) is 37.0 Å². The minimum Gasteiger partial charge on any atom is -0.493 e. The lowest BCUT2D eigenvalue weighted by Crippen LogP contribution is -2.19. The van der Waals surface area contributed by atoms with Crippen molar-refractivity contribution in [2.75, 3.05) is 24.4 Å². The van der Waals surface area contributed by atoms with Gasteiger partial charge in [-0.1, -0.05) is 17.7 Å². The number of nitriles is 1. The Morgan fingerprint density at radius 3 is 2.36 bits per heavy atom. The number of carbonyl (C=O) groups is 1. The number of hydrogen-bond donors (Lipinski definition) is 2. The third kappa shape index (κ3) is 4.84. The number of fused-ring (bicyclic) bond motifs is 2. The van der Waals surface area contributed by atoms with E-state index in [1.54, 1.807) is 20.3 Å². The van der Waals surface area contributed by atoms with Gasteiger partial charge in [-0.2, -0.15) is 5.26 Å². The predicted molar refractivity (Wildman–Crippen MR) is 147 cm³/mol. The van der Waals surface area contributed by atoms with Crippen LogP contribution in [0.3, 0.4) is 0 Å². The highest BCUT2D eigenvalue weighted by atomic mass is 35.5. The minimum absolute atomic E-state index is 0.0907. The first-order chi connectivity index (χ1) is 18.7. The molecular weight excluding hydrogens is 520 g/mol. The molecule has 39 heavy (non-hydrogen) atoms. The third-order valence-corrected chi connectivity index (χ3v) is 6.87. The van der Waals surface area contributed by atoms with Gasteiger partial charge in [0.2, 0.25) is 0 Å². The molecule has 4 aromatic rings. The first-order valence-electron chi connectivity index (χ1n) is 12.1. The van der Waals surface area contributed by atoms with Gasteiger partial charge in [-0.3, -0.25) is 0 Å². The number of aromatic carboxylic acids is 1. The van der Waals surface area contributed by atoms with Gasteiger partial charge in [0.25, 0.3) is 0 Å². The zero-order chi connectivity index (χ0) is 27.8. The summed E-state index contributed by atoms with van der Waals surface area (Å²) in [5.74, 6) is 0.552. The number of halogens is 1. The molecule has 0 amide bonds. The second kappa shape index (κ2) is 10.3. The maximum Gasteiger partial charge on any atom is 0.356 e. The van der Waals surface area contributed by atoms with E-state index in [0.717, 1.165) is 22.3 Å². The van der Waals surface area contributed by atoms with Crippen molar-refractivity contribution in [3.8, 4) is 17.6 Å². The smallest absolute Gasteiger partial charge is 0.356 e. The number of hydrogen-bond acceptors (Lipinski definition) is 9. The van der Waals surface area contributed by atoms with E-state index in [9.17, 15) is 15.2 Å². The minimum atomic E-state index is -1.19. The number of carboxylic acids is 1. The Bertz CT molecular complexity index is 1640. The molecule has 0 aliphatic carbocycles. The average molecular weight is 545 g/mol. The standard InChI is InChI=1S/C28H25ClN6O4/c1-14-7-18(15(2)31-19-5-6-24(29)33-26(19)28(36)37)25-20(8-14)32-21(11-30)27(34-25)35-12-16-9-22(38-3)23(39-4)10-17(16)13-35/h5-10,15,31H,12-13H2,1-4H3,(H,36,37)/t15-/m1/s1. The zero-order valence-electron chi connectivity index (χ0n) is 21.7. The van der Waals surface area contributed by atoms with Crippen LogP contribution in [-0.4, -0.2) is 40.2 Å². The normalized spacial score (nSPS) is 13.1. The molecule has 0 bridgehead atoms. The Morgan fingerprint density at radius 1 is 1.10 bits per heavy atom. The van der Waals surface area contributed by atoms with Gasteiger partial charge in [0.1, 0.15) is 11.2 Å². The third-order valence-electron chi connectivity index (χ3n) is 6.66. The lowest BCUT2D eigenvalue weighted by atomic mass is 10.0. The number of aryl methyl sites for hydroxylation is 1. The first kappa shape index (κ1) is 26.0. The fraction of sp³-hybridized carbons (Fsp3) is 0.250. The van der Waals surface area contributed by atoms with E-state index >= 15 is 0 Å². The fourth-order valence-electron chi connectivity index (χ4n) is 4.85. The summed E-state index contributed by atoms with van der Waals surface area (Å²) in [6, 6.07) is 12.7. The highest BCUT2D eigenvalue weighted by Crippen LogP contribution is 2.38. The number of carboxylic acid groups (broad SMARTS) is 1. The number of benzene rings is 2. The topological polar surface area (TPSA) is 133 Å². The molecule has 2 N–H and O–H groups in total. The summed E-state index contributed by atoms with van der Waals surface area (Å²) in [7, 11) is 3.19. The SMILES string of the molecule is COc1cc2c(cc1OC)CN(c1nc3c([C@@H](C)Nc4ccc(Cl)nc4C(=O)O)cc(C)cc3nc1C#N)C2. The lowest BCUT2D eigenvalue weighted by Gasteiger charge is -2.21. The molecule has 2 aromatic carbocycles. The van der Waals surface area contributed by atoms with E-state index in [1.807, 2.05) is 43.0 Å². The quantitative estimate of drug-likeness (QED) is 0.296. The largest absolute Gasteiger partial charge is 0.493 e. The molecule has 198 valence electrons. The summed E-state index contributed by atoms with van der Waals surface area (Å²) in [5, 5.41) is 22.9. The van der Waals surface area contributed by atoms with E-state index in [0.29, 0.717) is 47.1 Å². The second-order valence-electron chi connectivity index (χ2n) is 9.26. The molecule has 0 saturated carbocycles. The molecule has 1 aliphatic heterocycles. The summed E-state index contributed by atoms with van der Waals surface area (Å²) in [4.78, 5) is 27.3. The Hall–Kier alpha value is -4.62. The van der Waals surface area contributed by atoms with Gasteiger partial charge in [0.15, 0.2) is 28.7 Å². The summed E-state index contributed by atoms with van der Waals surface area (Å²) in [5.41, 5.74) is 5.39. The molecule has 11 heteroatoms. The van der Waals surface area contributed by atoms with Crippen molar-refractivity contribution < 1.29 is 19.4 Å². The van der Waals surface area contributed by atoms with Crippen LogP contribution in [0.5, 0.6) is 11.5 Å². The van der Waals surface area contributed by atoms with E-state index in [2.05, 4.69) is 21.4 Å². The number of aromatic nitrogens is 3. The van der Waals surface area contributed by atoms with Crippen LogP contribution in [0.25, 0.3) is 11.0 Å². The predicted octanol–water partition coefficient (Wildman–Crippen LogP) is 5.27. The molecule has 0 fully saturated rings. The van der Waals surface area contributed by atoms with Crippen LogP contribution in [0, 0.1) is 18.3 Å². The number of nitrogens with one attached hydrogen (secondary N) is 1. The summed E-state index contributed by atoms with van der Waals surface area (Å²) < 4.78 is 10.9. The monoisotopic (exact) mass is 544 g/mol. The highest BCUT2D eigenvalue weighted by molar-refractivity contribution is 6.29. The Morgan fingerprint density at radius 2 is 1.77 bits per heavy atom. The molecule has 5 rings (SSSR count). The maximum absolute atomic E-state index is 11.8. The van der Waals surface area contributed by atoms with Crippen molar-refractivity contribution in [1.29, 1.82) is 5.26 Å². The van der Waals surface area contributed by atoms with Crippen LogP contribution < -0.4 is 19.7 Å². The summed E-state index contributed by atoms with van der Waals surface area (Å²) in [6.07, 6.45) is 0. The van der Waals surface area contributed by atoms with Crippen molar-refractivity contribution in [3.05, 3.63) is 75.2 Å². The van der Waals surface area contributed by atoms with Gasteiger partial charge >= 0.3 is 5.97 Å². The van der Waals surface area contributed by atoms with Crippen molar-refractivity contribution in [2.45, 2.75) is 33.0 Å². The van der Waals surface area contributed by atoms with E-state index < -0.39 is 5.97 Å². The van der Waals surface area contributed by atoms with Crippen LogP contribution in [0.15, 0.2) is 36.4 Å². The molecule has 0 radical (unpaired) electrons. The number of pyridine rings is 1. The number of nitrogens with zero attached hydrogens (tertiary/aromatic N) is 5. The van der Waals surface area contributed by atoms with Crippen molar-refractivity contribution >= 4 is 40.1 Å². The van der Waals surface area contributed by atoms with Gasteiger partial charge in [0, 0.05) is 18.7 Å². The molecule has 3 heterocycles. The van der Waals surface area contributed by atoms with Gasteiger partial charge in [-0.25, -0.2) is 19.7 Å². The number of methoxy groups -OCH3 is 2. The van der Waals surface area contributed by atoms with Crippen molar-refractivity contribution in [3.63, 3.8) is 0 Å². The van der Waals surface area contributed by atoms with E-state index in [1.165, 1.54) is 6.07 Å². The second-order valence-corrected chi connectivity index (χ2v) is 9.65. The van der Waals surface area contributed by atoms with Crippen LogP contribution in [-0.2, 0) is 13.1 Å². The molecule has 0 unspecified atom stereocenters. The van der Waals surface area contributed by atoms with Gasteiger partial charge in [-0.05, 0) is 60.9 Å². The first-order valence-corrected chi connectivity index (χ1v) is 12.5. The van der Waals surface area contributed by atoms with Crippen LogP contribution in [0.1, 0.15) is 51.4 Å².